The summed E-state index contributed by atoms with van der Waals surface area (Å²) < 4.78 is 5.61. The standard InChI is InChI=1S/C14H15NO2/c1-11(16)12-5-4-7-14(9-12)17-10-13-6-2-3-8-15-13/h2-9,11,16H,10H2,1H3/t11-/m0/s1. The van der Waals surface area contributed by atoms with Gasteiger partial charge >= 0.3 is 0 Å². The lowest BCUT2D eigenvalue weighted by atomic mass is 10.1. The van der Waals surface area contributed by atoms with Crippen LogP contribution < -0.4 is 4.74 Å². The van der Waals surface area contributed by atoms with Crippen molar-refractivity contribution < 1.29 is 9.84 Å². The van der Waals surface area contributed by atoms with Crippen LogP contribution in [0, 0.1) is 0 Å². The Kier molecular flexibility index (Phi) is 3.73. The highest BCUT2D eigenvalue weighted by Gasteiger charge is 2.02. The fourth-order valence-electron chi connectivity index (χ4n) is 1.50. The third-order valence-electron chi connectivity index (χ3n) is 2.45. The summed E-state index contributed by atoms with van der Waals surface area (Å²) in [5, 5.41) is 9.47. The summed E-state index contributed by atoms with van der Waals surface area (Å²) in [4.78, 5) is 4.18. The van der Waals surface area contributed by atoms with Crippen molar-refractivity contribution in [3.8, 4) is 5.75 Å². The summed E-state index contributed by atoms with van der Waals surface area (Å²) in [6.07, 6.45) is 1.26. The van der Waals surface area contributed by atoms with Crippen molar-refractivity contribution in [1.82, 2.24) is 4.98 Å². The average molecular weight is 229 g/mol. The average Bonchev–Trinajstić information content (AvgIpc) is 2.38. The number of aliphatic hydroxyl groups is 1. The lowest BCUT2D eigenvalue weighted by Crippen LogP contribution is -1.98. The van der Waals surface area contributed by atoms with Gasteiger partial charge in [-0.25, -0.2) is 0 Å². The van der Waals surface area contributed by atoms with Crippen LogP contribution in [0.4, 0.5) is 0 Å². The van der Waals surface area contributed by atoms with Crippen molar-refractivity contribution in [3.05, 3.63) is 59.9 Å². The number of hydrogen-bond donors (Lipinski definition) is 1. The van der Waals surface area contributed by atoms with Gasteiger partial charge in [-0.3, -0.25) is 4.98 Å². The molecular weight excluding hydrogens is 214 g/mol. The van der Waals surface area contributed by atoms with Gasteiger partial charge in [0.1, 0.15) is 12.4 Å². The van der Waals surface area contributed by atoms with Crippen molar-refractivity contribution >= 4 is 0 Å². The molecule has 17 heavy (non-hydrogen) atoms. The molecule has 0 saturated carbocycles. The lowest BCUT2D eigenvalue weighted by molar-refractivity contribution is 0.198. The highest BCUT2D eigenvalue weighted by Crippen LogP contribution is 2.19. The fourth-order valence-corrected chi connectivity index (χ4v) is 1.50. The quantitative estimate of drug-likeness (QED) is 0.876. The Morgan fingerprint density at radius 2 is 2.12 bits per heavy atom. The van der Waals surface area contributed by atoms with E-state index in [2.05, 4.69) is 4.98 Å². The Balaban J connectivity index is 2.02. The zero-order valence-corrected chi connectivity index (χ0v) is 9.71. The normalized spacial score (nSPS) is 12.1. The summed E-state index contributed by atoms with van der Waals surface area (Å²) >= 11 is 0. The zero-order chi connectivity index (χ0) is 12.1. The molecule has 0 aliphatic heterocycles. The van der Waals surface area contributed by atoms with Crippen molar-refractivity contribution in [3.63, 3.8) is 0 Å². The van der Waals surface area contributed by atoms with Crippen LogP contribution in [0.15, 0.2) is 48.7 Å². The number of benzene rings is 1. The van der Waals surface area contributed by atoms with Gasteiger partial charge in [-0.15, -0.1) is 0 Å². The molecular formula is C14H15NO2. The summed E-state index contributed by atoms with van der Waals surface area (Å²) in [6, 6.07) is 13.2. The van der Waals surface area contributed by atoms with Crippen LogP contribution in [0.1, 0.15) is 24.3 Å². The van der Waals surface area contributed by atoms with Crippen LogP contribution in [0.25, 0.3) is 0 Å². The first kappa shape index (κ1) is 11.6. The fraction of sp³-hybridized carbons (Fsp3) is 0.214. The molecule has 1 aromatic carbocycles. The van der Waals surface area contributed by atoms with Gasteiger partial charge in [0.2, 0.25) is 0 Å². The Morgan fingerprint density at radius 3 is 2.82 bits per heavy atom. The Labute approximate surface area is 101 Å². The predicted octanol–water partition coefficient (Wildman–Crippen LogP) is 2.71. The molecule has 1 N–H and O–H groups in total. The van der Waals surface area contributed by atoms with Crippen LogP contribution >= 0.6 is 0 Å². The van der Waals surface area contributed by atoms with Gasteiger partial charge < -0.3 is 9.84 Å². The van der Waals surface area contributed by atoms with Gasteiger partial charge in [0, 0.05) is 6.20 Å². The molecule has 0 aliphatic carbocycles. The number of nitrogens with zero attached hydrogens (tertiary/aromatic N) is 1. The van der Waals surface area contributed by atoms with Crippen LogP contribution in [0.3, 0.4) is 0 Å². The van der Waals surface area contributed by atoms with E-state index >= 15 is 0 Å². The molecule has 0 saturated heterocycles. The molecule has 0 aliphatic rings. The van der Waals surface area contributed by atoms with Crippen molar-refractivity contribution in [2.75, 3.05) is 0 Å². The van der Waals surface area contributed by atoms with Gasteiger partial charge in [0.25, 0.3) is 0 Å². The van der Waals surface area contributed by atoms with Crippen LogP contribution in [0.5, 0.6) is 5.75 Å². The topological polar surface area (TPSA) is 42.4 Å². The maximum atomic E-state index is 9.47. The van der Waals surface area contributed by atoms with E-state index in [1.54, 1.807) is 13.1 Å². The van der Waals surface area contributed by atoms with E-state index in [1.807, 2.05) is 42.5 Å². The van der Waals surface area contributed by atoms with Gasteiger partial charge in [-0.1, -0.05) is 18.2 Å². The molecule has 2 aromatic rings. The Bertz CT molecular complexity index is 469. The van der Waals surface area contributed by atoms with E-state index in [4.69, 9.17) is 4.74 Å². The summed E-state index contributed by atoms with van der Waals surface area (Å²) in [5.41, 5.74) is 1.73. The van der Waals surface area contributed by atoms with E-state index in [-0.39, 0.29) is 0 Å². The molecule has 88 valence electrons. The number of hydrogen-bond acceptors (Lipinski definition) is 3. The monoisotopic (exact) mass is 229 g/mol. The van der Waals surface area contributed by atoms with Crippen LogP contribution in [-0.2, 0) is 6.61 Å². The minimum Gasteiger partial charge on any atom is -0.487 e. The third kappa shape index (κ3) is 3.29. The van der Waals surface area contributed by atoms with E-state index in [9.17, 15) is 5.11 Å². The molecule has 3 nitrogen and oxygen atoms in total. The first-order chi connectivity index (χ1) is 8.25. The second kappa shape index (κ2) is 5.46. The molecule has 1 heterocycles. The summed E-state index contributed by atoms with van der Waals surface area (Å²) in [7, 11) is 0. The van der Waals surface area contributed by atoms with Crippen LogP contribution in [-0.4, -0.2) is 10.1 Å². The minimum absolute atomic E-state index is 0.435. The molecule has 0 unspecified atom stereocenters. The number of ether oxygens (including phenoxy) is 1. The maximum absolute atomic E-state index is 9.47. The highest BCUT2D eigenvalue weighted by molar-refractivity contribution is 5.29. The van der Waals surface area contributed by atoms with Gasteiger partial charge in [-0.05, 0) is 36.8 Å². The molecule has 0 fully saturated rings. The highest BCUT2D eigenvalue weighted by atomic mass is 16.5. The number of rotatable bonds is 4. The van der Waals surface area contributed by atoms with E-state index in [1.165, 1.54) is 0 Å². The van der Waals surface area contributed by atoms with Gasteiger partial charge in [-0.2, -0.15) is 0 Å². The van der Waals surface area contributed by atoms with E-state index < -0.39 is 6.10 Å². The lowest BCUT2D eigenvalue weighted by Gasteiger charge is -2.09. The smallest absolute Gasteiger partial charge is 0.130 e. The predicted molar refractivity (Wildman–Crippen MR) is 65.6 cm³/mol. The zero-order valence-electron chi connectivity index (χ0n) is 9.71. The molecule has 3 heteroatoms. The number of aliphatic hydroxyl groups excluding tert-OH is 1. The number of pyridine rings is 1. The molecule has 1 aromatic heterocycles. The molecule has 0 radical (unpaired) electrons. The van der Waals surface area contributed by atoms with Crippen molar-refractivity contribution in [1.29, 1.82) is 0 Å². The minimum atomic E-state index is -0.478. The molecule has 0 bridgehead atoms. The SMILES string of the molecule is C[C@H](O)c1cccc(OCc2ccccn2)c1. The van der Waals surface area contributed by atoms with E-state index in [0.29, 0.717) is 6.61 Å². The second-order valence-electron chi connectivity index (χ2n) is 3.86. The van der Waals surface area contributed by atoms with Crippen molar-refractivity contribution in [2.24, 2.45) is 0 Å². The first-order valence-corrected chi connectivity index (χ1v) is 5.56. The summed E-state index contributed by atoms with van der Waals surface area (Å²) in [6.45, 7) is 2.17. The molecule has 0 amide bonds. The largest absolute Gasteiger partial charge is 0.487 e. The molecule has 1 atom stereocenters. The molecule has 2 rings (SSSR count). The Morgan fingerprint density at radius 1 is 1.24 bits per heavy atom. The van der Waals surface area contributed by atoms with E-state index in [0.717, 1.165) is 17.0 Å². The second-order valence-corrected chi connectivity index (χ2v) is 3.86. The first-order valence-electron chi connectivity index (χ1n) is 5.56. The maximum Gasteiger partial charge on any atom is 0.130 e. The van der Waals surface area contributed by atoms with Crippen LogP contribution in [0.2, 0.25) is 0 Å². The Hall–Kier alpha value is -1.87. The van der Waals surface area contributed by atoms with Gasteiger partial charge in [0.15, 0.2) is 0 Å². The van der Waals surface area contributed by atoms with Crippen molar-refractivity contribution in [2.45, 2.75) is 19.6 Å². The van der Waals surface area contributed by atoms with Gasteiger partial charge in [0.05, 0.1) is 11.8 Å². The third-order valence-corrected chi connectivity index (χ3v) is 2.45. The summed E-state index contributed by atoms with van der Waals surface area (Å²) in [5.74, 6) is 0.744. The molecule has 0 spiro atoms. The number of aromatic nitrogens is 1.